The van der Waals surface area contributed by atoms with Gasteiger partial charge in [0, 0.05) is 44.0 Å². The number of methoxy groups -OCH3 is 4. The van der Waals surface area contributed by atoms with Crippen molar-refractivity contribution in [1.29, 1.82) is 0 Å². The van der Waals surface area contributed by atoms with E-state index in [0.29, 0.717) is 0 Å². The van der Waals surface area contributed by atoms with E-state index in [1.807, 2.05) is 0 Å². The van der Waals surface area contributed by atoms with E-state index in [1.165, 1.54) is 28.4 Å². The molecule has 2 aliphatic carbocycles. The third kappa shape index (κ3) is 4.25. The van der Waals surface area contributed by atoms with Crippen molar-refractivity contribution in [2.75, 3.05) is 28.4 Å². The van der Waals surface area contributed by atoms with Gasteiger partial charge in [0.25, 0.3) is 0 Å². The molecule has 1 aliphatic heterocycles. The zero-order chi connectivity index (χ0) is 28.0. The number of rotatable bonds is 7. The van der Waals surface area contributed by atoms with Crippen LogP contribution in [0.4, 0.5) is 0 Å². The van der Waals surface area contributed by atoms with Crippen LogP contribution in [-0.2, 0) is 34.3 Å². The Morgan fingerprint density at radius 1 is 1.21 bits per heavy atom. The van der Waals surface area contributed by atoms with Crippen LogP contribution in [0.2, 0.25) is 0 Å². The first-order valence-corrected chi connectivity index (χ1v) is 12.3. The van der Waals surface area contributed by atoms with Crippen LogP contribution >= 0.6 is 0 Å². The normalized spacial score (nSPS) is 31.9. The molecule has 0 N–H and O–H groups in total. The Labute approximate surface area is 221 Å². The fraction of sp³-hybridized carbons (Fsp3) is 0.630. The maximum Gasteiger partial charge on any atom is 0.309 e. The Balaban J connectivity index is 1.93. The Hall–Kier alpha value is -3.04. The van der Waals surface area contributed by atoms with Crippen LogP contribution in [0.15, 0.2) is 18.2 Å². The third-order valence-corrected chi connectivity index (χ3v) is 8.06. The van der Waals surface area contributed by atoms with Gasteiger partial charge in [-0.1, -0.05) is 18.1 Å². The molecule has 1 saturated heterocycles. The Bertz CT molecular complexity index is 1170. The molecule has 2 bridgehead atoms. The smallest absolute Gasteiger partial charge is 0.309 e. The van der Waals surface area contributed by atoms with E-state index in [-0.39, 0.29) is 41.9 Å². The van der Waals surface area contributed by atoms with Crippen molar-refractivity contribution in [2.45, 2.75) is 62.4 Å². The second kappa shape index (κ2) is 9.93. The average Bonchev–Trinajstić information content (AvgIpc) is 2.88. The molecule has 3 unspecified atom stereocenters. The molecule has 0 spiro atoms. The number of hydrogen-bond acceptors (Lipinski definition) is 10. The maximum absolute atomic E-state index is 13.4. The molecule has 1 saturated carbocycles. The summed E-state index contributed by atoms with van der Waals surface area (Å²) in [5.74, 6) is -4.24. The molecule has 1 aromatic rings. The first-order chi connectivity index (χ1) is 17.9. The van der Waals surface area contributed by atoms with Crippen LogP contribution in [0, 0.1) is 40.2 Å². The molecule has 0 amide bonds. The lowest BCUT2D eigenvalue weighted by Crippen LogP contribution is -2.65. The summed E-state index contributed by atoms with van der Waals surface area (Å²) in [6.07, 6.45) is 4.85. The number of hydrogen-bond donors (Lipinski definition) is 0. The highest BCUT2D eigenvalue weighted by molar-refractivity contribution is 6.00. The van der Waals surface area contributed by atoms with Crippen molar-refractivity contribution in [3.05, 3.63) is 39.4 Å². The zero-order valence-corrected chi connectivity index (χ0v) is 22.3. The summed E-state index contributed by atoms with van der Waals surface area (Å²) in [4.78, 5) is 39.1. The number of nitrogens with zero attached hydrogens (tertiary/aromatic N) is 1. The van der Waals surface area contributed by atoms with Gasteiger partial charge >= 0.3 is 5.97 Å². The molecular formula is C27H33NO10. The fourth-order valence-electron chi connectivity index (χ4n) is 6.77. The molecule has 6 atom stereocenters. The van der Waals surface area contributed by atoms with E-state index in [1.54, 1.807) is 32.0 Å². The van der Waals surface area contributed by atoms with Crippen LogP contribution in [0.1, 0.15) is 49.0 Å². The molecule has 0 radical (unpaired) electrons. The maximum atomic E-state index is 13.4. The highest BCUT2D eigenvalue weighted by Gasteiger charge is 2.66. The number of carbonyl (C=O) groups excluding carboxylic acids is 2. The van der Waals surface area contributed by atoms with Crippen LogP contribution in [0.5, 0.6) is 5.75 Å². The minimum absolute atomic E-state index is 0.0119. The molecule has 1 heterocycles. The van der Waals surface area contributed by atoms with Gasteiger partial charge in [-0.3, -0.25) is 19.7 Å². The van der Waals surface area contributed by atoms with Crippen molar-refractivity contribution in [3.8, 4) is 18.1 Å². The van der Waals surface area contributed by atoms with Gasteiger partial charge in [-0.05, 0) is 19.9 Å². The van der Waals surface area contributed by atoms with Crippen molar-refractivity contribution in [2.24, 2.45) is 17.8 Å². The molecule has 3 aliphatic rings. The second-order valence-electron chi connectivity index (χ2n) is 10.4. The summed E-state index contributed by atoms with van der Waals surface area (Å²) >= 11 is 0. The summed E-state index contributed by atoms with van der Waals surface area (Å²) in [5, 5.41) is 13.0. The lowest BCUT2D eigenvalue weighted by Gasteiger charge is -2.55. The number of fused-ring (bicyclic) bond motifs is 3. The summed E-state index contributed by atoms with van der Waals surface area (Å²) in [5.41, 5.74) is -0.632. The largest absolute Gasteiger partial charge is 0.496 e. The predicted octanol–water partition coefficient (Wildman–Crippen LogP) is 2.71. The lowest BCUT2D eigenvalue weighted by molar-refractivity contribution is -0.562. The monoisotopic (exact) mass is 531 g/mol. The van der Waals surface area contributed by atoms with Gasteiger partial charge in [0.1, 0.15) is 11.4 Å². The van der Waals surface area contributed by atoms with Gasteiger partial charge in [-0.2, -0.15) is 0 Å². The van der Waals surface area contributed by atoms with E-state index >= 15 is 0 Å². The Morgan fingerprint density at radius 2 is 1.89 bits per heavy atom. The molecular weight excluding hydrogens is 498 g/mol. The zero-order valence-electron chi connectivity index (χ0n) is 22.3. The van der Waals surface area contributed by atoms with E-state index in [4.69, 9.17) is 34.8 Å². The number of benzene rings is 1. The molecule has 1 aromatic carbocycles. The van der Waals surface area contributed by atoms with E-state index in [9.17, 15) is 19.7 Å². The van der Waals surface area contributed by atoms with Crippen molar-refractivity contribution in [3.63, 3.8) is 0 Å². The summed E-state index contributed by atoms with van der Waals surface area (Å²) < 4.78 is 34.7. The highest BCUT2D eigenvalue weighted by Crippen LogP contribution is 2.55. The summed E-state index contributed by atoms with van der Waals surface area (Å²) in [7, 11) is 5.35. The van der Waals surface area contributed by atoms with Crippen molar-refractivity contribution >= 4 is 11.8 Å². The number of Topliss-reactive ketones (excluding diaryl/α,β-unsaturated/α-hetero) is 1. The number of carbonyl (C=O) groups is 2. The molecule has 206 valence electrons. The minimum Gasteiger partial charge on any atom is -0.496 e. The van der Waals surface area contributed by atoms with Crippen LogP contribution < -0.4 is 4.74 Å². The summed E-state index contributed by atoms with van der Waals surface area (Å²) in [6.45, 7) is 3.34. The van der Waals surface area contributed by atoms with Crippen LogP contribution in [0.25, 0.3) is 0 Å². The van der Waals surface area contributed by atoms with Gasteiger partial charge in [-0.25, -0.2) is 0 Å². The molecule has 2 fully saturated rings. The number of terminal acetylenes is 1. The number of esters is 1. The SMILES string of the molecule is C#CC12C[C@H](OC(C)(C)O1)[C@H](C(C1CC(=O)c3cccc(OC)c3C1(OC)OC)[N+](=O)[O-])[C@@H](C(=O)OC)C2. The lowest BCUT2D eigenvalue weighted by atomic mass is 9.61. The minimum atomic E-state index is -1.74. The predicted molar refractivity (Wildman–Crippen MR) is 132 cm³/mol. The Morgan fingerprint density at radius 3 is 2.45 bits per heavy atom. The second-order valence-corrected chi connectivity index (χ2v) is 10.4. The fourth-order valence-corrected chi connectivity index (χ4v) is 6.77. The van der Waals surface area contributed by atoms with Crippen molar-refractivity contribution < 1.29 is 42.9 Å². The highest BCUT2D eigenvalue weighted by atomic mass is 16.7. The molecule has 38 heavy (non-hydrogen) atoms. The average molecular weight is 532 g/mol. The van der Waals surface area contributed by atoms with Gasteiger partial charge in [0.05, 0.1) is 43.6 Å². The van der Waals surface area contributed by atoms with Crippen LogP contribution in [-0.4, -0.2) is 68.6 Å². The van der Waals surface area contributed by atoms with Gasteiger partial charge in [0.15, 0.2) is 11.6 Å². The number of ether oxygens (including phenoxy) is 6. The summed E-state index contributed by atoms with van der Waals surface area (Å²) in [6, 6.07) is 3.36. The van der Waals surface area contributed by atoms with E-state index < -0.39 is 58.0 Å². The quantitative estimate of drug-likeness (QED) is 0.170. The first-order valence-electron chi connectivity index (χ1n) is 12.3. The number of ketones is 1. The first kappa shape index (κ1) is 28.0. The van der Waals surface area contributed by atoms with Crippen molar-refractivity contribution in [1.82, 2.24) is 0 Å². The van der Waals surface area contributed by atoms with Gasteiger partial charge in [0.2, 0.25) is 11.8 Å². The van der Waals surface area contributed by atoms with Gasteiger partial charge < -0.3 is 28.4 Å². The van der Waals surface area contributed by atoms with Gasteiger partial charge in [-0.15, -0.1) is 6.42 Å². The standard InChI is InChI=1S/C27H33NO10/c1-8-26-13-16(24(30)34-5)21(20(14-26)37-25(2,3)38-26)23(28(31)32)17-12-18(29)15-10-9-11-19(33-4)22(15)27(17,35-6)36-7/h1,9-11,16-17,20-21,23H,12-14H2,2-7H3/t16-,17?,20-,21+,23?,26?/m0/s1. The molecule has 11 heteroatoms. The van der Waals surface area contributed by atoms with Crippen LogP contribution in [0.3, 0.4) is 0 Å². The topological polar surface area (TPSA) is 133 Å². The molecule has 0 aromatic heterocycles. The van der Waals surface area contributed by atoms with E-state index in [2.05, 4.69) is 5.92 Å². The third-order valence-electron chi connectivity index (χ3n) is 8.06. The molecule has 4 rings (SSSR count). The number of nitro groups is 1. The van der Waals surface area contributed by atoms with E-state index in [0.717, 1.165) is 0 Å². The molecule has 11 nitrogen and oxygen atoms in total. The Kier molecular flexibility index (Phi) is 7.31.